The normalized spacial score (nSPS) is 17.3. The summed E-state index contributed by atoms with van der Waals surface area (Å²) in [5, 5.41) is 19.5. The Morgan fingerprint density at radius 3 is 2.11 bits per heavy atom. The zero-order valence-corrected chi connectivity index (χ0v) is 10.8. The van der Waals surface area contributed by atoms with Crippen LogP contribution in [0.4, 0.5) is 13.2 Å². The van der Waals surface area contributed by atoms with Crippen molar-refractivity contribution < 1.29 is 23.4 Å². The topological polar surface area (TPSA) is 40.5 Å². The Labute approximate surface area is 108 Å². The molecular formula is C12H15F3O2S. The van der Waals surface area contributed by atoms with E-state index in [-0.39, 0.29) is 5.56 Å². The molecule has 18 heavy (non-hydrogen) atoms. The molecule has 0 heterocycles. The van der Waals surface area contributed by atoms with Gasteiger partial charge in [0.2, 0.25) is 0 Å². The van der Waals surface area contributed by atoms with Gasteiger partial charge in [-0.15, -0.1) is 11.8 Å². The molecule has 6 heteroatoms. The maximum Gasteiger partial charge on any atom is 0.391 e. The average molecular weight is 280 g/mol. The Balaban J connectivity index is 2.87. The van der Waals surface area contributed by atoms with Crippen LogP contribution in [-0.2, 0) is 0 Å². The molecule has 2 N–H and O–H groups in total. The van der Waals surface area contributed by atoms with E-state index in [1.165, 1.54) is 23.9 Å². The lowest BCUT2D eigenvalue weighted by molar-refractivity contribution is -0.194. The van der Waals surface area contributed by atoms with Gasteiger partial charge >= 0.3 is 6.18 Å². The van der Waals surface area contributed by atoms with Crippen LogP contribution in [0.1, 0.15) is 25.0 Å². The van der Waals surface area contributed by atoms with Gasteiger partial charge < -0.3 is 10.2 Å². The third kappa shape index (κ3) is 4.19. The molecule has 2 nitrogen and oxygen atoms in total. The van der Waals surface area contributed by atoms with Crippen molar-refractivity contribution in [1.82, 2.24) is 0 Å². The van der Waals surface area contributed by atoms with Crippen molar-refractivity contribution in [3.05, 3.63) is 29.8 Å². The van der Waals surface area contributed by atoms with Crippen LogP contribution in [0, 0.1) is 0 Å². The summed E-state index contributed by atoms with van der Waals surface area (Å²) in [5.74, 6) is 0. The number of aliphatic hydroxyl groups excluding tert-OH is 1. The van der Waals surface area contributed by atoms with Crippen molar-refractivity contribution in [2.75, 3.05) is 6.26 Å². The lowest BCUT2D eigenvalue weighted by Crippen LogP contribution is -2.37. The van der Waals surface area contributed by atoms with E-state index in [0.29, 0.717) is 0 Å². The summed E-state index contributed by atoms with van der Waals surface area (Å²) in [7, 11) is 0. The van der Waals surface area contributed by atoms with Gasteiger partial charge in [0.25, 0.3) is 0 Å². The molecule has 0 aliphatic rings. The second kappa shape index (κ2) is 5.50. The van der Waals surface area contributed by atoms with Crippen LogP contribution in [-0.4, -0.2) is 28.2 Å². The van der Waals surface area contributed by atoms with Crippen LogP contribution in [0.15, 0.2) is 29.2 Å². The maximum absolute atomic E-state index is 12.3. The summed E-state index contributed by atoms with van der Waals surface area (Å²) in [4.78, 5) is 0.932. The second-order valence-corrected chi connectivity index (χ2v) is 5.20. The molecule has 1 aromatic rings. The zero-order chi connectivity index (χ0) is 14.0. The molecule has 2 atom stereocenters. The van der Waals surface area contributed by atoms with E-state index in [2.05, 4.69) is 0 Å². The average Bonchev–Trinajstić information content (AvgIpc) is 2.25. The molecule has 0 saturated heterocycles. The first-order valence-electron chi connectivity index (χ1n) is 5.27. The van der Waals surface area contributed by atoms with Crippen LogP contribution in [0.3, 0.4) is 0 Å². The molecule has 0 radical (unpaired) electrons. The van der Waals surface area contributed by atoms with E-state index in [4.69, 9.17) is 0 Å². The van der Waals surface area contributed by atoms with Crippen LogP contribution in [0.2, 0.25) is 0 Å². The van der Waals surface area contributed by atoms with Crippen LogP contribution < -0.4 is 0 Å². The number of hydrogen-bond acceptors (Lipinski definition) is 3. The lowest BCUT2D eigenvalue weighted by atomic mass is 9.90. The van der Waals surface area contributed by atoms with E-state index in [9.17, 15) is 23.4 Å². The molecule has 0 aliphatic heterocycles. The number of rotatable bonds is 4. The highest BCUT2D eigenvalue weighted by atomic mass is 32.2. The SMILES string of the molecule is CSc1ccc([C@@H](O)[C@](C)(O)CC(F)(F)F)cc1. The van der Waals surface area contributed by atoms with Crippen molar-refractivity contribution in [2.45, 2.75) is 36.1 Å². The standard InChI is InChI=1S/C12H15F3O2S/c1-11(17,7-12(13,14)15)10(16)8-3-5-9(18-2)6-4-8/h3-6,10,16-17H,7H2,1-2H3/t10-,11-/m1/s1. The fourth-order valence-corrected chi connectivity index (χ4v) is 2.06. The first-order chi connectivity index (χ1) is 8.15. The first-order valence-corrected chi connectivity index (χ1v) is 6.49. The Kier molecular flexibility index (Phi) is 4.69. The monoisotopic (exact) mass is 280 g/mol. The number of alkyl halides is 3. The molecule has 0 spiro atoms. The first kappa shape index (κ1) is 15.3. The van der Waals surface area contributed by atoms with Gasteiger partial charge in [0, 0.05) is 4.90 Å². The summed E-state index contributed by atoms with van der Waals surface area (Å²) in [5.41, 5.74) is -1.97. The number of halogens is 3. The number of benzene rings is 1. The van der Waals surface area contributed by atoms with E-state index >= 15 is 0 Å². The quantitative estimate of drug-likeness (QED) is 0.832. The summed E-state index contributed by atoms with van der Waals surface area (Å²) in [6.07, 6.45) is -5.68. The maximum atomic E-state index is 12.3. The summed E-state index contributed by atoms with van der Waals surface area (Å²) in [6.45, 7) is 0.980. The molecule has 0 saturated carbocycles. The second-order valence-electron chi connectivity index (χ2n) is 4.32. The van der Waals surface area contributed by atoms with E-state index in [1.807, 2.05) is 6.26 Å². The molecule has 0 fully saturated rings. The predicted molar refractivity (Wildman–Crippen MR) is 64.5 cm³/mol. The molecule has 102 valence electrons. The zero-order valence-electron chi connectivity index (χ0n) is 10.0. The van der Waals surface area contributed by atoms with Crippen LogP contribution in [0.5, 0.6) is 0 Å². The highest BCUT2D eigenvalue weighted by Crippen LogP contribution is 2.36. The van der Waals surface area contributed by atoms with Crippen molar-refractivity contribution in [3.8, 4) is 0 Å². The smallest absolute Gasteiger partial charge is 0.387 e. The van der Waals surface area contributed by atoms with Crippen LogP contribution >= 0.6 is 11.8 Å². The fraction of sp³-hybridized carbons (Fsp3) is 0.500. The van der Waals surface area contributed by atoms with Gasteiger partial charge in [-0.05, 0) is 30.9 Å². The molecule has 0 aromatic heterocycles. The van der Waals surface area contributed by atoms with Gasteiger partial charge in [-0.3, -0.25) is 0 Å². The molecule has 0 bridgehead atoms. The van der Waals surface area contributed by atoms with Gasteiger partial charge in [0.05, 0.1) is 6.42 Å². The van der Waals surface area contributed by atoms with E-state index in [1.54, 1.807) is 12.1 Å². The predicted octanol–water partition coefficient (Wildman–Crippen LogP) is 3.15. The molecule has 0 aliphatic carbocycles. The van der Waals surface area contributed by atoms with Gasteiger partial charge in [-0.25, -0.2) is 0 Å². The van der Waals surface area contributed by atoms with Gasteiger partial charge in [0.15, 0.2) is 0 Å². The third-order valence-corrected chi connectivity index (χ3v) is 3.32. The summed E-state index contributed by atoms with van der Waals surface area (Å²) >= 11 is 1.48. The van der Waals surface area contributed by atoms with Crippen molar-refractivity contribution >= 4 is 11.8 Å². The summed E-state index contributed by atoms with van der Waals surface area (Å²) < 4.78 is 36.8. The van der Waals surface area contributed by atoms with Gasteiger partial charge in [0.1, 0.15) is 11.7 Å². The highest BCUT2D eigenvalue weighted by Gasteiger charge is 2.43. The minimum atomic E-state index is -4.52. The minimum Gasteiger partial charge on any atom is -0.387 e. The molecule has 1 rings (SSSR count). The van der Waals surface area contributed by atoms with Gasteiger partial charge in [-0.2, -0.15) is 13.2 Å². The Bertz CT molecular complexity index is 387. The molecule has 0 amide bonds. The molecular weight excluding hydrogens is 265 g/mol. The molecule has 0 unspecified atom stereocenters. The largest absolute Gasteiger partial charge is 0.391 e. The number of hydrogen-bond donors (Lipinski definition) is 2. The van der Waals surface area contributed by atoms with Crippen molar-refractivity contribution in [1.29, 1.82) is 0 Å². The highest BCUT2D eigenvalue weighted by molar-refractivity contribution is 7.98. The van der Waals surface area contributed by atoms with E-state index < -0.39 is 24.3 Å². The third-order valence-electron chi connectivity index (χ3n) is 2.58. The Morgan fingerprint density at radius 1 is 1.22 bits per heavy atom. The minimum absolute atomic E-state index is 0.266. The Morgan fingerprint density at radius 2 is 1.72 bits per heavy atom. The van der Waals surface area contributed by atoms with Crippen LogP contribution in [0.25, 0.3) is 0 Å². The van der Waals surface area contributed by atoms with Crippen molar-refractivity contribution in [3.63, 3.8) is 0 Å². The number of thioether (sulfide) groups is 1. The number of aliphatic hydroxyl groups is 2. The van der Waals surface area contributed by atoms with Crippen molar-refractivity contribution in [2.24, 2.45) is 0 Å². The van der Waals surface area contributed by atoms with E-state index in [0.717, 1.165) is 11.8 Å². The summed E-state index contributed by atoms with van der Waals surface area (Å²) in [6, 6.07) is 6.41. The molecule has 1 aromatic carbocycles. The van der Waals surface area contributed by atoms with Gasteiger partial charge in [-0.1, -0.05) is 12.1 Å². The fourth-order valence-electron chi connectivity index (χ4n) is 1.65. The Hall–Kier alpha value is -0.720. The lowest BCUT2D eigenvalue weighted by Gasteiger charge is -2.30.